The van der Waals surface area contributed by atoms with E-state index in [1.807, 2.05) is 86.1 Å². The molecular weight excluding hydrogens is 713 g/mol. The van der Waals surface area contributed by atoms with Gasteiger partial charge < -0.3 is 20.0 Å². The summed E-state index contributed by atoms with van der Waals surface area (Å²) in [6, 6.07) is 50.3. The molecule has 4 aromatic carbocycles. The number of hydrogen-bond acceptors (Lipinski definition) is 6. The molecule has 2 aliphatic heterocycles. The van der Waals surface area contributed by atoms with Crippen LogP contribution in [0.3, 0.4) is 0 Å². The van der Waals surface area contributed by atoms with Crippen molar-refractivity contribution in [3.05, 3.63) is 191 Å². The molecule has 0 spiro atoms. The quantitative estimate of drug-likeness (QED) is 0.175. The second-order valence-corrected chi connectivity index (χ2v) is 12.1. The summed E-state index contributed by atoms with van der Waals surface area (Å²) in [6.07, 6.45) is 9.91. The van der Waals surface area contributed by atoms with Crippen LogP contribution in [-0.4, -0.2) is 47.5 Å². The third-order valence-corrected chi connectivity index (χ3v) is 9.29. The number of benzene rings is 4. The molecule has 6 aromatic rings. The Hall–Kier alpha value is -5.30. The van der Waals surface area contributed by atoms with E-state index < -0.39 is 0 Å². The molecule has 4 heterocycles. The van der Waals surface area contributed by atoms with Crippen molar-refractivity contribution in [1.82, 2.24) is 9.97 Å². The fourth-order valence-corrected chi connectivity index (χ4v) is 7.05. The average Bonchev–Trinajstić information content (AvgIpc) is 3.34. The van der Waals surface area contributed by atoms with Crippen LogP contribution >= 0.6 is 0 Å². The van der Waals surface area contributed by atoms with E-state index in [1.54, 1.807) is 0 Å². The molecule has 0 saturated heterocycles. The molecule has 312 valence electrons. The largest absolute Gasteiger partial charge is 0.400 e. The molecule has 0 fully saturated rings. The number of aliphatic hydroxyl groups is 2. The minimum absolute atomic E-state index is 0.345. The highest BCUT2D eigenvalue weighted by Crippen LogP contribution is 2.36. The summed E-state index contributed by atoms with van der Waals surface area (Å²) in [7, 11) is 2.00. The van der Waals surface area contributed by atoms with E-state index in [4.69, 9.17) is 10.2 Å². The third kappa shape index (κ3) is 15.2. The van der Waals surface area contributed by atoms with Gasteiger partial charge in [-0.3, -0.25) is 4.98 Å². The molecule has 2 aromatic heterocycles. The number of fused-ring (bicyclic) bond motifs is 2. The van der Waals surface area contributed by atoms with Gasteiger partial charge in [-0.05, 0) is 83.3 Å². The van der Waals surface area contributed by atoms with Gasteiger partial charge in [0.1, 0.15) is 5.82 Å². The van der Waals surface area contributed by atoms with Crippen LogP contribution in [0.25, 0.3) is 0 Å². The number of hydrogen-bond donors (Lipinski definition) is 2. The van der Waals surface area contributed by atoms with Crippen LogP contribution in [0.1, 0.15) is 101 Å². The summed E-state index contributed by atoms with van der Waals surface area (Å²) in [5, 5.41) is 14.0. The number of pyridine rings is 2. The van der Waals surface area contributed by atoms with Gasteiger partial charge >= 0.3 is 0 Å². The Morgan fingerprint density at radius 2 is 0.897 bits per heavy atom. The minimum Gasteiger partial charge on any atom is -0.400 e. The Balaban J connectivity index is 0.000000462. The summed E-state index contributed by atoms with van der Waals surface area (Å²) < 4.78 is 0. The maximum absolute atomic E-state index is 7.00. The predicted molar refractivity (Wildman–Crippen MR) is 251 cm³/mol. The number of nitrogens with zero attached hydrogens (tertiary/aromatic N) is 4. The lowest BCUT2D eigenvalue weighted by Gasteiger charge is -2.39. The van der Waals surface area contributed by atoms with Crippen LogP contribution in [0.15, 0.2) is 158 Å². The Kier molecular flexibility index (Phi) is 27.8. The van der Waals surface area contributed by atoms with Gasteiger partial charge in [-0.25, -0.2) is 4.98 Å². The van der Waals surface area contributed by atoms with E-state index in [1.165, 1.54) is 39.1 Å². The molecular formula is C52H72N4O2. The molecule has 0 bridgehead atoms. The van der Waals surface area contributed by atoms with Crippen molar-refractivity contribution >= 4 is 11.5 Å². The summed E-state index contributed by atoms with van der Waals surface area (Å²) >= 11 is 0. The summed E-state index contributed by atoms with van der Waals surface area (Å²) in [5.74, 6) is 1.07. The smallest absolute Gasteiger partial charge is 0.128 e. The first-order chi connectivity index (χ1) is 28.8. The Bertz CT molecular complexity index is 1690. The molecule has 2 unspecified atom stereocenters. The number of aromatic nitrogens is 2. The molecule has 0 amide bonds. The topological polar surface area (TPSA) is 72.7 Å². The Morgan fingerprint density at radius 3 is 1.34 bits per heavy atom. The number of rotatable bonds is 6. The van der Waals surface area contributed by atoms with E-state index >= 15 is 0 Å². The van der Waals surface area contributed by atoms with Gasteiger partial charge in [-0.15, -0.1) is 0 Å². The number of anilines is 2. The highest BCUT2D eigenvalue weighted by molar-refractivity contribution is 5.52. The zero-order valence-electron chi connectivity index (χ0n) is 37.1. The summed E-state index contributed by atoms with van der Waals surface area (Å²) in [6.45, 7) is 18.1. The van der Waals surface area contributed by atoms with E-state index in [-0.39, 0.29) is 0 Å². The van der Waals surface area contributed by atoms with Gasteiger partial charge in [0.15, 0.2) is 0 Å². The van der Waals surface area contributed by atoms with Crippen molar-refractivity contribution in [3.63, 3.8) is 0 Å². The van der Waals surface area contributed by atoms with Gasteiger partial charge in [0.25, 0.3) is 0 Å². The maximum Gasteiger partial charge on any atom is 0.128 e. The van der Waals surface area contributed by atoms with Crippen molar-refractivity contribution in [2.24, 2.45) is 0 Å². The Labute approximate surface area is 352 Å². The maximum atomic E-state index is 7.00. The van der Waals surface area contributed by atoms with E-state index in [0.29, 0.717) is 12.1 Å². The first kappa shape index (κ1) is 50.7. The van der Waals surface area contributed by atoms with Gasteiger partial charge in [0.05, 0.1) is 24.0 Å². The van der Waals surface area contributed by atoms with Crippen LogP contribution < -0.4 is 9.80 Å². The first-order valence-electron chi connectivity index (χ1n) is 21.3. The summed E-state index contributed by atoms with van der Waals surface area (Å²) in [4.78, 5) is 13.9. The second-order valence-electron chi connectivity index (χ2n) is 12.1. The SMILES string of the molecule is CC.CC.CC.CC.CO.CO.c1ccc(CC2c3ccccc3CCN2c2ccccn2)cc1.c1ccc(CC2c3ccccc3CCN2c2cccnc2)cc1. The standard InChI is InChI=1S/2C21H20N2.4C2H6.2CH4O/c1-2-8-17(9-3-1)16-20-19-11-5-4-10-18(19)13-15-23(20)21-12-6-7-14-22-21;1-2-7-17(8-3-1)15-21-20-11-5-4-9-18(20)12-14-23(21)19-10-6-13-22-16-19;6*1-2/h1-12,14,20H,13,15-16H2;1-11,13,16,21H,12,14-15H2;4*1-2H3;2*2H,1H3. The monoisotopic (exact) mass is 785 g/mol. The minimum atomic E-state index is 0.345. The van der Waals surface area contributed by atoms with Crippen molar-refractivity contribution in [2.45, 2.75) is 93.2 Å². The average molecular weight is 785 g/mol. The highest BCUT2D eigenvalue weighted by atomic mass is 16.2. The van der Waals surface area contributed by atoms with Crippen LogP contribution in [0.4, 0.5) is 11.5 Å². The molecule has 0 saturated carbocycles. The third-order valence-electron chi connectivity index (χ3n) is 9.29. The molecule has 2 atom stereocenters. The molecule has 2 aliphatic rings. The van der Waals surface area contributed by atoms with Crippen molar-refractivity contribution in [3.8, 4) is 0 Å². The first-order valence-corrected chi connectivity index (χ1v) is 21.3. The fourth-order valence-electron chi connectivity index (χ4n) is 7.05. The predicted octanol–water partition coefficient (Wildman–Crippen LogP) is 12.2. The molecule has 2 N–H and O–H groups in total. The normalized spacial score (nSPS) is 14.0. The molecule has 0 radical (unpaired) electrons. The molecule has 0 aliphatic carbocycles. The fraction of sp³-hybridized carbons (Fsp3) is 0.346. The van der Waals surface area contributed by atoms with Crippen molar-refractivity contribution in [1.29, 1.82) is 0 Å². The zero-order chi connectivity index (χ0) is 43.0. The van der Waals surface area contributed by atoms with Crippen LogP contribution in [0.2, 0.25) is 0 Å². The van der Waals surface area contributed by atoms with Crippen LogP contribution in [0.5, 0.6) is 0 Å². The lowest BCUT2D eigenvalue weighted by molar-refractivity contribution is 0.399. The lowest BCUT2D eigenvalue weighted by atomic mass is 9.88. The molecule has 8 rings (SSSR count). The zero-order valence-corrected chi connectivity index (χ0v) is 37.1. The van der Waals surface area contributed by atoms with Gasteiger partial charge in [-0.2, -0.15) is 0 Å². The van der Waals surface area contributed by atoms with Gasteiger partial charge in [0.2, 0.25) is 0 Å². The highest BCUT2D eigenvalue weighted by Gasteiger charge is 2.29. The van der Waals surface area contributed by atoms with Crippen molar-refractivity contribution < 1.29 is 10.2 Å². The van der Waals surface area contributed by atoms with Crippen LogP contribution in [0, 0.1) is 0 Å². The van der Waals surface area contributed by atoms with Crippen molar-refractivity contribution in [2.75, 3.05) is 37.1 Å². The van der Waals surface area contributed by atoms with Crippen LogP contribution in [-0.2, 0) is 25.7 Å². The lowest BCUT2D eigenvalue weighted by Crippen LogP contribution is -2.37. The van der Waals surface area contributed by atoms with E-state index in [2.05, 4.69) is 147 Å². The second kappa shape index (κ2) is 31.7. The van der Waals surface area contributed by atoms with Gasteiger partial charge in [-0.1, -0.05) is 171 Å². The Morgan fingerprint density at radius 1 is 0.466 bits per heavy atom. The molecule has 58 heavy (non-hydrogen) atoms. The van der Waals surface area contributed by atoms with E-state index in [0.717, 1.165) is 58.8 Å². The number of aliphatic hydroxyl groups excluding tert-OH is 2. The molecule has 6 nitrogen and oxygen atoms in total. The van der Waals surface area contributed by atoms with Gasteiger partial charge in [0, 0.05) is 39.7 Å². The van der Waals surface area contributed by atoms with E-state index in [9.17, 15) is 0 Å². The summed E-state index contributed by atoms with van der Waals surface area (Å²) in [5.41, 5.74) is 9.80. The molecule has 6 heteroatoms.